The summed E-state index contributed by atoms with van der Waals surface area (Å²) in [6.07, 6.45) is 3.34. The van der Waals surface area contributed by atoms with Crippen LogP contribution in [0.5, 0.6) is 0 Å². The summed E-state index contributed by atoms with van der Waals surface area (Å²) < 4.78 is 0. The number of rotatable bonds is 5. The molecule has 0 bridgehead atoms. The van der Waals surface area contributed by atoms with Crippen molar-refractivity contribution in [3.05, 3.63) is 24.0 Å². The minimum atomic E-state index is -0.494. The summed E-state index contributed by atoms with van der Waals surface area (Å²) in [6, 6.07) is 1.74. The zero-order valence-corrected chi connectivity index (χ0v) is 9.55. The molecule has 0 aliphatic heterocycles. The van der Waals surface area contributed by atoms with Gasteiger partial charge in [0.05, 0.1) is 17.4 Å². The van der Waals surface area contributed by atoms with Crippen molar-refractivity contribution < 1.29 is 9.90 Å². The molecule has 0 fully saturated rings. The molecule has 1 atom stereocenters. The van der Waals surface area contributed by atoms with E-state index in [0.717, 1.165) is 5.69 Å². The van der Waals surface area contributed by atoms with E-state index in [4.69, 9.17) is 5.73 Å². The third-order valence-electron chi connectivity index (χ3n) is 2.36. The highest BCUT2D eigenvalue weighted by molar-refractivity contribution is 5.98. The van der Waals surface area contributed by atoms with Crippen LogP contribution in [0.4, 0.5) is 5.69 Å². The van der Waals surface area contributed by atoms with Crippen LogP contribution in [0.15, 0.2) is 18.5 Å². The Kier molecular flexibility index (Phi) is 4.25. The standard InChI is InChI=1S/C11H17N3O2/c1-8(15)4-6-14(2)10-3-5-13-7-9(10)11(12)16/h3,5,7-8,15H,4,6H2,1-2H3,(H2,12,16). The molecule has 1 aromatic rings. The zero-order chi connectivity index (χ0) is 12.1. The SMILES string of the molecule is CC(O)CCN(C)c1ccncc1C(N)=O. The Labute approximate surface area is 94.9 Å². The Hall–Kier alpha value is -1.62. The fourth-order valence-corrected chi connectivity index (χ4v) is 1.41. The number of hydrogen-bond donors (Lipinski definition) is 2. The van der Waals surface area contributed by atoms with E-state index >= 15 is 0 Å². The number of carbonyl (C=O) groups excluding carboxylic acids is 1. The molecule has 0 saturated carbocycles. The highest BCUT2D eigenvalue weighted by Crippen LogP contribution is 2.17. The number of nitrogens with two attached hydrogens (primary N) is 1. The Balaban J connectivity index is 2.82. The topological polar surface area (TPSA) is 79.4 Å². The molecule has 16 heavy (non-hydrogen) atoms. The summed E-state index contributed by atoms with van der Waals surface area (Å²) in [5.41, 5.74) is 6.39. The maximum atomic E-state index is 11.2. The Morgan fingerprint density at radius 2 is 2.38 bits per heavy atom. The molecule has 88 valence electrons. The van der Waals surface area contributed by atoms with Crippen molar-refractivity contribution in [3.63, 3.8) is 0 Å². The highest BCUT2D eigenvalue weighted by atomic mass is 16.3. The quantitative estimate of drug-likeness (QED) is 0.756. The lowest BCUT2D eigenvalue weighted by Gasteiger charge is -2.21. The number of nitrogens with zero attached hydrogens (tertiary/aromatic N) is 2. The van der Waals surface area contributed by atoms with Gasteiger partial charge in [0, 0.05) is 26.0 Å². The molecule has 1 rings (SSSR count). The van der Waals surface area contributed by atoms with Crippen LogP contribution in [-0.2, 0) is 0 Å². The molecule has 0 saturated heterocycles. The first-order valence-electron chi connectivity index (χ1n) is 5.15. The van der Waals surface area contributed by atoms with Crippen molar-refractivity contribution in [3.8, 4) is 0 Å². The summed E-state index contributed by atoms with van der Waals surface area (Å²) in [4.78, 5) is 16.9. The van der Waals surface area contributed by atoms with Crippen LogP contribution in [0.2, 0.25) is 0 Å². The van der Waals surface area contributed by atoms with Crippen molar-refractivity contribution in [1.29, 1.82) is 0 Å². The largest absolute Gasteiger partial charge is 0.393 e. The van der Waals surface area contributed by atoms with Crippen LogP contribution in [0.25, 0.3) is 0 Å². The number of anilines is 1. The summed E-state index contributed by atoms with van der Waals surface area (Å²) in [5, 5.41) is 9.20. The van der Waals surface area contributed by atoms with Gasteiger partial charge in [0.2, 0.25) is 0 Å². The summed E-state index contributed by atoms with van der Waals surface area (Å²) >= 11 is 0. The van der Waals surface area contributed by atoms with Gasteiger partial charge < -0.3 is 15.7 Å². The predicted molar refractivity (Wildman–Crippen MR) is 62.3 cm³/mol. The van der Waals surface area contributed by atoms with Gasteiger partial charge >= 0.3 is 0 Å². The van der Waals surface area contributed by atoms with Crippen LogP contribution in [-0.4, -0.2) is 35.7 Å². The molecule has 0 aliphatic rings. The van der Waals surface area contributed by atoms with Crippen molar-refractivity contribution in [1.82, 2.24) is 4.98 Å². The second-order valence-corrected chi connectivity index (χ2v) is 3.82. The molecule has 5 nitrogen and oxygen atoms in total. The highest BCUT2D eigenvalue weighted by Gasteiger charge is 2.11. The fraction of sp³-hybridized carbons (Fsp3) is 0.455. The average Bonchev–Trinajstić information content (AvgIpc) is 2.25. The molecular formula is C11H17N3O2. The van der Waals surface area contributed by atoms with Gasteiger partial charge in [0.25, 0.3) is 5.91 Å². The van der Waals surface area contributed by atoms with E-state index < -0.39 is 5.91 Å². The normalized spacial score (nSPS) is 12.2. The molecule has 1 unspecified atom stereocenters. The number of aromatic nitrogens is 1. The van der Waals surface area contributed by atoms with Gasteiger partial charge in [-0.25, -0.2) is 0 Å². The first-order chi connectivity index (χ1) is 7.52. The third-order valence-corrected chi connectivity index (χ3v) is 2.36. The van der Waals surface area contributed by atoms with Gasteiger partial charge in [0.15, 0.2) is 0 Å². The third kappa shape index (κ3) is 3.20. The summed E-state index contributed by atoms with van der Waals surface area (Å²) in [5.74, 6) is -0.494. The van der Waals surface area contributed by atoms with E-state index in [1.54, 1.807) is 19.2 Å². The molecule has 1 amide bonds. The minimum Gasteiger partial charge on any atom is -0.393 e. The van der Waals surface area contributed by atoms with Gasteiger partial charge in [-0.2, -0.15) is 0 Å². The lowest BCUT2D eigenvalue weighted by molar-refractivity contribution is 0.100. The van der Waals surface area contributed by atoms with Crippen LogP contribution in [0.1, 0.15) is 23.7 Å². The first-order valence-corrected chi connectivity index (χ1v) is 5.15. The van der Waals surface area contributed by atoms with Crippen molar-refractivity contribution in [2.45, 2.75) is 19.4 Å². The van der Waals surface area contributed by atoms with E-state index in [-0.39, 0.29) is 6.10 Å². The number of carbonyl (C=O) groups is 1. The maximum Gasteiger partial charge on any atom is 0.252 e. The van der Waals surface area contributed by atoms with E-state index in [1.807, 2.05) is 11.9 Å². The molecule has 3 N–H and O–H groups in total. The second kappa shape index (κ2) is 5.46. The van der Waals surface area contributed by atoms with Crippen LogP contribution in [0, 0.1) is 0 Å². The molecule has 0 radical (unpaired) electrons. The van der Waals surface area contributed by atoms with E-state index in [1.165, 1.54) is 6.20 Å². The number of hydrogen-bond acceptors (Lipinski definition) is 4. The summed E-state index contributed by atoms with van der Waals surface area (Å²) in [7, 11) is 1.85. The Bertz CT molecular complexity index is 366. The second-order valence-electron chi connectivity index (χ2n) is 3.82. The van der Waals surface area contributed by atoms with Crippen molar-refractivity contribution >= 4 is 11.6 Å². The van der Waals surface area contributed by atoms with Crippen molar-refractivity contribution in [2.75, 3.05) is 18.5 Å². The van der Waals surface area contributed by atoms with Gasteiger partial charge in [-0.05, 0) is 19.4 Å². The summed E-state index contributed by atoms with van der Waals surface area (Å²) in [6.45, 7) is 2.39. The number of amides is 1. The number of aliphatic hydroxyl groups excluding tert-OH is 1. The van der Waals surface area contributed by atoms with Gasteiger partial charge in [-0.1, -0.05) is 0 Å². The number of aliphatic hydroxyl groups is 1. The zero-order valence-electron chi connectivity index (χ0n) is 9.55. The molecule has 5 heteroatoms. The van der Waals surface area contributed by atoms with Gasteiger partial charge in [0.1, 0.15) is 0 Å². The lowest BCUT2D eigenvalue weighted by atomic mass is 10.2. The first kappa shape index (κ1) is 12.4. The van der Waals surface area contributed by atoms with E-state index in [0.29, 0.717) is 18.5 Å². The molecule has 0 aliphatic carbocycles. The van der Waals surface area contributed by atoms with Gasteiger partial charge in [-0.15, -0.1) is 0 Å². The average molecular weight is 223 g/mol. The molecule has 0 spiro atoms. The predicted octanol–water partition coefficient (Wildman–Crippen LogP) is 0.388. The lowest BCUT2D eigenvalue weighted by Crippen LogP contribution is -2.25. The Morgan fingerprint density at radius 1 is 1.69 bits per heavy atom. The molecule has 0 aromatic carbocycles. The Morgan fingerprint density at radius 3 is 2.94 bits per heavy atom. The van der Waals surface area contributed by atoms with E-state index in [9.17, 15) is 9.90 Å². The fourth-order valence-electron chi connectivity index (χ4n) is 1.41. The van der Waals surface area contributed by atoms with Crippen molar-refractivity contribution in [2.24, 2.45) is 5.73 Å². The van der Waals surface area contributed by atoms with E-state index in [2.05, 4.69) is 4.98 Å². The molecule has 1 heterocycles. The minimum absolute atomic E-state index is 0.360. The monoisotopic (exact) mass is 223 g/mol. The molecule has 1 aromatic heterocycles. The smallest absolute Gasteiger partial charge is 0.252 e. The molecular weight excluding hydrogens is 206 g/mol. The van der Waals surface area contributed by atoms with Gasteiger partial charge in [-0.3, -0.25) is 9.78 Å². The number of primary amides is 1. The van der Waals surface area contributed by atoms with Crippen LogP contribution in [0.3, 0.4) is 0 Å². The van der Waals surface area contributed by atoms with Crippen LogP contribution < -0.4 is 10.6 Å². The van der Waals surface area contributed by atoms with Crippen LogP contribution >= 0.6 is 0 Å². The maximum absolute atomic E-state index is 11.2. The number of pyridine rings is 1.